The Bertz CT molecular complexity index is 310. The van der Waals surface area contributed by atoms with E-state index >= 15 is 0 Å². The van der Waals surface area contributed by atoms with Crippen LogP contribution in [0.25, 0.3) is 0 Å². The Kier molecular flexibility index (Phi) is 1.69. The maximum atomic E-state index is 11.7. The number of hydrogen-bond acceptors (Lipinski definition) is 2. The highest BCUT2D eigenvalue weighted by atomic mass is 16.4. The third-order valence-electron chi connectivity index (χ3n) is 3.88. The summed E-state index contributed by atoms with van der Waals surface area (Å²) in [6.45, 7) is 3.79. The lowest BCUT2D eigenvalue weighted by atomic mass is 9.73. The quantitative estimate of drug-likeness (QED) is 0.652. The van der Waals surface area contributed by atoms with Gasteiger partial charge < -0.3 is 10.4 Å². The van der Waals surface area contributed by atoms with Crippen molar-refractivity contribution in [2.45, 2.75) is 38.6 Å². The summed E-state index contributed by atoms with van der Waals surface area (Å²) in [6, 6.07) is 0. The van der Waals surface area contributed by atoms with Gasteiger partial charge in [0.05, 0.1) is 0 Å². The molecule has 14 heavy (non-hydrogen) atoms. The molecule has 4 nitrogen and oxygen atoms in total. The topological polar surface area (TPSA) is 66.4 Å². The van der Waals surface area contributed by atoms with Gasteiger partial charge in [-0.15, -0.1) is 0 Å². The summed E-state index contributed by atoms with van der Waals surface area (Å²) < 4.78 is 0. The maximum Gasteiger partial charge on any atom is 0.329 e. The van der Waals surface area contributed by atoms with Crippen LogP contribution < -0.4 is 5.32 Å². The molecule has 0 aromatic heterocycles. The predicted molar refractivity (Wildman–Crippen MR) is 49.6 cm³/mol. The van der Waals surface area contributed by atoms with Gasteiger partial charge in [0.2, 0.25) is 5.91 Å². The number of nitrogens with one attached hydrogen (secondary N) is 1. The van der Waals surface area contributed by atoms with Crippen LogP contribution in [0, 0.1) is 11.3 Å². The number of rotatable bonds is 1. The molecule has 1 amide bonds. The van der Waals surface area contributed by atoms with Crippen LogP contribution in [-0.2, 0) is 9.59 Å². The Balaban J connectivity index is 2.34. The van der Waals surface area contributed by atoms with E-state index in [0.29, 0.717) is 12.8 Å². The molecule has 0 aromatic rings. The van der Waals surface area contributed by atoms with Gasteiger partial charge >= 0.3 is 5.97 Å². The van der Waals surface area contributed by atoms with E-state index in [0.717, 1.165) is 6.42 Å². The third kappa shape index (κ3) is 0.996. The zero-order valence-electron chi connectivity index (χ0n) is 8.46. The van der Waals surface area contributed by atoms with Crippen molar-refractivity contribution in [3.05, 3.63) is 0 Å². The van der Waals surface area contributed by atoms with Crippen LogP contribution >= 0.6 is 0 Å². The van der Waals surface area contributed by atoms with Crippen LogP contribution in [0.2, 0.25) is 0 Å². The van der Waals surface area contributed by atoms with Crippen LogP contribution in [-0.4, -0.2) is 22.5 Å². The van der Waals surface area contributed by atoms with Gasteiger partial charge in [-0.05, 0) is 25.2 Å². The fourth-order valence-electron chi connectivity index (χ4n) is 2.59. The molecule has 2 N–H and O–H groups in total. The van der Waals surface area contributed by atoms with Gasteiger partial charge in [-0.25, -0.2) is 4.79 Å². The van der Waals surface area contributed by atoms with E-state index in [4.69, 9.17) is 5.11 Å². The van der Waals surface area contributed by atoms with E-state index in [9.17, 15) is 9.59 Å². The number of aliphatic carboxylic acids is 1. The molecule has 1 aliphatic heterocycles. The average Bonchev–Trinajstić information content (AvgIpc) is 2.46. The van der Waals surface area contributed by atoms with Crippen molar-refractivity contribution in [2.75, 3.05) is 0 Å². The third-order valence-corrected chi connectivity index (χ3v) is 3.88. The van der Waals surface area contributed by atoms with Crippen molar-refractivity contribution >= 4 is 11.9 Å². The summed E-state index contributed by atoms with van der Waals surface area (Å²) in [5.41, 5.74) is -1.37. The van der Waals surface area contributed by atoms with E-state index in [1.54, 1.807) is 0 Å². The highest BCUT2D eigenvalue weighted by molar-refractivity contribution is 5.92. The van der Waals surface area contributed by atoms with E-state index in [-0.39, 0.29) is 11.8 Å². The standard InChI is InChI=1S/C10H15NO3/c1-9(2)6-3-4-10(5-6,8(13)14)11-7(9)12/h6H,3-5H2,1-2H3,(H,11,12)(H,13,14). The number of hydrogen-bond donors (Lipinski definition) is 2. The van der Waals surface area contributed by atoms with Crippen LogP contribution in [0.5, 0.6) is 0 Å². The van der Waals surface area contributed by atoms with Crippen LogP contribution in [0.4, 0.5) is 0 Å². The molecule has 1 aliphatic carbocycles. The van der Waals surface area contributed by atoms with E-state index in [1.165, 1.54) is 0 Å². The molecular weight excluding hydrogens is 182 g/mol. The van der Waals surface area contributed by atoms with Crippen molar-refractivity contribution in [3.8, 4) is 0 Å². The predicted octanol–water partition coefficient (Wildman–Crippen LogP) is 0.766. The van der Waals surface area contributed by atoms with Gasteiger partial charge in [-0.1, -0.05) is 13.8 Å². The normalized spacial score (nSPS) is 39.3. The molecule has 2 fully saturated rings. The fraction of sp³-hybridized carbons (Fsp3) is 0.800. The van der Waals surface area contributed by atoms with Gasteiger partial charge in [0.15, 0.2) is 0 Å². The SMILES string of the molecule is CC1(C)C(=O)NC2(C(=O)O)CCC1C2. The van der Waals surface area contributed by atoms with Gasteiger partial charge in [0, 0.05) is 5.41 Å². The first kappa shape index (κ1) is 9.49. The number of amides is 1. The fourth-order valence-corrected chi connectivity index (χ4v) is 2.59. The number of piperidine rings is 1. The van der Waals surface area contributed by atoms with Crippen molar-refractivity contribution in [2.24, 2.45) is 11.3 Å². The summed E-state index contributed by atoms with van der Waals surface area (Å²) in [6.07, 6.45) is 1.99. The Morgan fingerprint density at radius 2 is 2.21 bits per heavy atom. The summed E-state index contributed by atoms with van der Waals surface area (Å²) in [4.78, 5) is 22.8. The Hall–Kier alpha value is -1.06. The molecule has 2 atom stereocenters. The van der Waals surface area contributed by atoms with Crippen LogP contribution in [0.3, 0.4) is 0 Å². The average molecular weight is 197 g/mol. The van der Waals surface area contributed by atoms with Gasteiger partial charge in [0.25, 0.3) is 0 Å². The molecule has 1 saturated heterocycles. The first-order chi connectivity index (χ1) is 6.38. The molecule has 4 heteroatoms. The van der Waals surface area contributed by atoms with Crippen molar-refractivity contribution in [1.29, 1.82) is 0 Å². The monoisotopic (exact) mass is 197 g/mol. The molecule has 78 valence electrons. The largest absolute Gasteiger partial charge is 0.480 e. The number of carbonyl (C=O) groups excluding carboxylic acids is 1. The second kappa shape index (κ2) is 2.49. The molecule has 0 spiro atoms. The lowest BCUT2D eigenvalue weighted by Gasteiger charge is -2.39. The second-order valence-corrected chi connectivity index (χ2v) is 5.00. The zero-order chi connectivity index (χ0) is 10.6. The molecule has 2 unspecified atom stereocenters. The Labute approximate surface area is 82.7 Å². The first-order valence-electron chi connectivity index (χ1n) is 4.94. The lowest BCUT2D eigenvalue weighted by molar-refractivity contribution is -0.152. The maximum absolute atomic E-state index is 11.7. The summed E-state index contributed by atoms with van der Waals surface area (Å²) in [5, 5.41) is 11.8. The number of carbonyl (C=O) groups is 2. The van der Waals surface area contributed by atoms with E-state index in [2.05, 4.69) is 5.32 Å². The molecule has 0 aromatic carbocycles. The molecular formula is C10H15NO3. The minimum absolute atomic E-state index is 0.117. The van der Waals surface area contributed by atoms with Crippen molar-refractivity contribution in [3.63, 3.8) is 0 Å². The number of fused-ring (bicyclic) bond motifs is 2. The van der Waals surface area contributed by atoms with Crippen LogP contribution in [0.1, 0.15) is 33.1 Å². The lowest BCUT2D eigenvalue weighted by Crippen LogP contribution is -2.60. The molecule has 2 aliphatic rings. The Morgan fingerprint density at radius 3 is 2.79 bits per heavy atom. The summed E-state index contributed by atoms with van der Waals surface area (Å²) in [7, 11) is 0. The Morgan fingerprint density at radius 1 is 1.57 bits per heavy atom. The van der Waals surface area contributed by atoms with Crippen molar-refractivity contribution < 1.29 is 14.7 Å². The highest BCUT2D eigenvalue weighted by Crippen LogP contribution is 2.48. The number of carboxylic acid groups (broad SMARTS) is 1. The van der Waals surface area contributed by atoms with E-state index in [1.807, 2.05) is 13.8 Å². The van der Waals surface area contributed by atoms with E-state index < -0.39 is 16.9 Å². The zero-order valence-corrected chi connectivity index (χ0v) is 8.46. The van der Waals surface area contributed by atoms with Crippen molar-refractivity contribution in [1.82, 2.24) is 5.32 Å². The molecule has 2 rings (SSSR count). The first-order valence-corrected chi connectivity index (χ1v) is 4.94. The molecule has 1 saturated carbocycles. The molecule has 1 heterocycles. The molecule has 0 radical (unpaired) electrons. The minimum atomic E-state index is -0.961. The van der Waals surface area contributed by atoms with Gasteiger partial charge in [-0.3, -0.25) is 4.79 Å². The number of carboxylic acids is 1. The van der Waals surface area contributed by atoms with Gasteiger partial charge in [0.1, 0.15) is 5.54 Å². The highest BCUT2D eigenvalue weighted by Gasteiger charge is 2.57. The summed E-state index contributed by atoms with van der Waals surface area (Å²) >= 11 is 0. The second-order valence-electron chi connectivity index (χ2n) is 5.00. The van der Waals surface area contributed by atoms with Gasteiger partial charge in [-0.2, -0.15) is 0 Å². The van der Waals surface area contributed by atoms with Crippen LogP contribution in [0.15, 0.2) is 0 Å². The minimum Gasteiger partial charge on any atom is -0.480 e. The molecule has 2 bridgehead atoms. The summed E-state index contributed by atoms with van der Waals surface area (Å²) in [5.74, 6) is -0.787. The smallest absolute Gasteiger partial charge is 0.329 e.